The van der Waals surface area contributed by atoms with Gasteiger partial charge in [-0.15, -0.1) is 0 Å². The van der Waals surface area contributed by atoms with E-state index in [2.05, 4.69) is 9.97 Å². The van der Waals surface area contributed by atoms with Crippen LogP contribution in [0, 0.1) is 5.92 Å². The zero-order valence-corrected chi connectivity index (χ0v) is 18.2. The molecule has 3 aromatic rings. The Hall–Kier alpha value is -3.42. The van der Waals surface area contributed by atoms with Gasteiger partial charge in [0.2, 0.25) is 0 Å². The molecule has 4 rings (SSSR count). The molecular formula is C24H28N4O4. The van der Waals surface area contributed by atoms with Crippen LogP contribution in [0.5, 0.6) is 0 Å². The van der Waals surface area contributed by atoms with Crippen molar-refractivity contribution in [3.05, 3.63) is 56.7 Å². The summed E-state index contributed by atoms with van der Waals surface area (Å²) >= 11 is 0. The first kappa shape index (κ1) is 21.8. The zero-order chi connectivity index (χ0) is 22.7. The van der Waals surface area contributed by atoms with E-state index in [1.54, 1.807) is 16.7 Å². The SMILES string of the molecule is CCCn1c(=O)c2nc(-c3ccc(/C=C/C(=O)O)cc3)[nH]c2n(CC2CCCCC2)c1=O. The summed E-state index contributed by atoms with van der Waals surface area (Å²) < 4.78 is 3.00. The number of benzene rings is 1. The summed E-state index contributed by atoms with van der Waals surface area (Å²) in [7, 11) is 0. The Balaban J connectivity index is 1.78. The zero-order valence-electron chi connectivity index (χ0n) is 18.2. The fourth-order valence-electron chi connectivity index (χ4n) is 4.44. The molecule has 1 saturated carbocycles. The molecule has 0 amide bonds. The maximum Gasteiger partial charge on any atom is 0.332 e. The summed E-state index contributed by atoms with van der Waals surface area (Å²) in [5.41, 5.74) is 1.61. The quantitative estimate of drug-likeness (QED) is 0.550. The lowest BCUT2D eigenvalue weighted by molar-refractivity contribution is -0.131. The second kappa shape index (κ2) is 9.38. The summed E-state index contributed by atoms with van der Waals surface area (Å²) in [5.74, 6) is -0.0770. The lowest BCUT2D eigenvalue weighted by atomic mass is 9.89. The van der Waals surface area contributed by atoms with Gasteiger partial charge in [-0.2, -0.15) is 0 Å². The highest BCUT2D eigenvalue weighted by atomic mass is 16.4. The van der Waals surface area contributed by atoms with Crippen LogP contribution < -0.4 is 11.2 Å². The third-order valence-electron chi connectivity index (χ3n) is 6.08. The molecule has 0 atom stereocenters. The van der Waals surface area contributed by atoms with E-state index in [9.17, 15) is 14.4 Å². The van der Waals surface area contributed by atoms with Gasteiger partial charge in [0.1, 0.15) is 11.5 Å². The van der Waals surface area contributed by atoms with Gasteiger partial charge in [0.25, 0.3) is 5.56 Å². The van der Waals surface area contributed by atoms with Crippen molar-refractivity contribution in [1.82, 2.24) is 19.1 Å². The number of imidazole rings is 1. The van der Waals surface area contributed by atoms with E-state index < -0.39 is 5.97 Å². The van der Waals surface area contributed by atoms with Crippen molar-refractivity contribution in [2.75, 3.05) is 0 Å². The number of aromatic amines is 1. The molecule has 168 valence electrons. The molecule has 0 bridgehead atoms. The highest BCUT2D eigenvalue weighted by Gasteiger charge is 2.21. The minimum atomic E-state index is -1.01. The van der Waals surface area contributed by atoms with Gasteiger partial charge in [-0.3, -0.25) is 13.9 Å². The van der Waals surface area contributed by atoms with E-state index in [0.29, 0.717) is 36.9 Å². The van der Waals surface area contributed by atoms with Crippen LogP contribution in [0.1, 0.15) is 51.0 Å². The van der Waals surface area contributed by atoms with Crippen molar-refractivity contribution in [2.45, 2.75) is 58.5 Å². The lowest BCUT2D eigenvalue weighted by Gasteiger charge is -2.23. The molecule has 0 unspecified atom stereocenters. The Morgan fingerprint density at radius 2 is 1.88 bits per heavy atom. The first-order chi connectivity index (χ1) is 15.5. The van der Waals surface area contributed by atoms with E-state index in [-0.39, 0.29) is 16.8 Å². The second-order valence-electron chi connectivity index (χ2n) is 8.43. The number of rotatable bonds is 7. The Morgan fingerprint density at radius 1 is 1.16 bits per heavy atom. The van der Waals surface area contributed by atoms with Gasteiger partial charge in [-0.1, -0.05) is 50.5 Å². The molecule has 2 heterocycles. The molecule has 2 aromatic heterocycles. The number of nitrogens with one attached hydrogen (secondary N) is 1. The first-order valence-electron chi connectivity index (χ1n) is 11.2. The number of carbonyl (C=O) groups is 1. The van der Waals surface area contributed by atoms with E-state index in [1.165, 1.54) is 29.9 Å². The predicted octanol–water partition coefficient (Wildman–Crippen LogP) is 3.64. The first-order valence-corrected chi connectivity index (χ1v) is 11.2. The molecule has 0 radical (unpaired) electrons. The third-order valence-corrected chi connectivity index (χ3v) is 6.08. The number of aromatic nitrogens is 4. The van der Waals surface area contributed by atoms with Crippen molar-refractivity contribution in [3.63, 3.8) is 0 Å². The number of carboxylic acid groups (broad SMARTS) is 1. The molecule has 0 spiro atoms. The monoisotopic (exact) mass is 436 g/mol. The smallest absolute Gasteiger partial charge is 0.332 e. The molecule has 1 aliphatic rings. The second-order valence-corrected chi connectivity index (χ2v) is 8.43. The Bertz CT molecular complexity index is 1260. The van der Waals surface area contributed by atoms with Crippen molar-refractivity contribution in [1.29, 1.82) is 0 Å². The molecule has 1 aromatic carbocycles. The predicted molar refractivity (Wildman–Crippen MR) is 124 cm³/mol. The van der Waals surface area contributed by atoms with Gasteiger partial charge >= 0.3 is 11.7 Å². The van der Waals surface area contributed by atoms with Crippen LogP contribution in [-0.4, -0.2) is 30.2 Å². The van der Waals surface area contributed by atoms with Crippen LogP contribution >= 0.6 is 0 Å². The standard InChI is InChI=1S/C24H28N4O4/c1-2-14-27-23(31)20-22(28(24(27)32)15-17-6-4-3-5-7-17)26-21(25-20)18-11-8-16(9-12-18)10-13-19(29)30/h8-13,17H,2-7,14-15H2,1H3,(H,25,26)(H,29,30)/b13-10+. The molecule has 2 N–H and O–H groups in total. The Labute approximate surface area is 185 Å². The molecular weight excluding hydrogens is 408 g/mol. The average molecular weight is 437 g/mol. The lowest BCUT2D eigenvalue weighted by Crippen LogP contribution is -2.41. The number of nitrogens with zero attached hydrogens (tertiary/aromatic N) is 3. The number of aliphatic carboxylic acids is 1. The van der Waals surface area contributed by atoms with Gasteiger partial charge < -0.3 is 10.1 Å². The fraction of sp³-hybridized carbons (Fsp3) is 0.417. The summed E-state index contributed by atoms with van der Waals surface area (Å²) in [6.07, 6.45) is 9.05. The van der Waals surface area contributed by atoms with Gasteiger partial charge in [0, 0.05) is 24.7 Å². The minimum Gasteiger partial charge on any atom is -0.478 e. The van der Waals surface area contributed by atoms with Gasteiger partial charge in [-0.05, 0) is 36.8 Å². The summed E-state index contributed by atoms with van der Waals surface area (Å²) in [6.45, 7) is 2.89. The van der Waals surface area contributed by atoms with Crippen LogP contribution in [0.15, 0.2) is 39.9 Å². The van der Waals surface area contributed by atoms with Crippen LogP contribution in [0.3, 0.4) is 0 Å². The number of fused-ring (bicyclic) bond motifs is 1. The average Bonchev–Trinajstić information content (AvgIpc) is 3.25. The number of hydrogen-bond donors (Lipinski definition) is 2. The van der Waals surface area contributed by atoms with E-state index >= 15 is 0 Å². The molecule has 1 aliphatic carbocycles. The number of hydrogen-bond acceptors (Lipinski definition) is 4. The number of carboxylic acids is 1. The van der Waals surface area contributed by atoms with Gasteiger partial charge in [-0.25, -0.2) is 14.6 Å². The summed E-state index contributed by atoms with van der Waals surface area (Å²) in [5, 5.41) is 8.78. The van der Waals surface area contributed by atoms with Crippen molar-refractivity contribution >= 4 is 23.2 Å². The molecule has 0 aliphatic heterocycles. The summed E-state index contributed by atoms with van der Waals surface area (Å²) in [6, 6.07) is 7.19. The molecule has 8 heteroatoms. The van der Waals surface area contributed by atoms with Crippen LogP contribution in [0.2, 0.25) is 0 Å². The maximum absolute atomic E-state index is 13.2. The highest BCUT2D eigenvalue weighted by Crippen LogP contribution is 2.26. The third kappa shape index (κ3) is 4.44. The van der Waals surface area contributed by atoms with E-state index in [0.717, 1.165) is 30.0 Å². The van der Waals surface area contributed by atoms with Gasteiger partial charge in [0.05, 0.1) is 0 Å². The summed E-state index contributed by atoms with van der Waals surface area (Å²) in [4.78, 5) is 44.7. The van der Waals surface area contributed by atoms with Crippen LogP contribution in [0.25, 0.3) is 28.6 Å². The topological polar surface area (TPSA) is 110 Å². The van der Waals surface area contributed by atoms with Crippen LogP contribution in [0.4, 0.5) is 0 Å². The Kier molecular flexibility index (Phi) is 6.39. The maximum atomic E-state index is 13.2. The van der Waals surface area contributed by atoms with Crippen molar-refractivity contribution < 1.29 is 9.90 Å². The van der Waals surface area contributed by atoms with Crippen LogP contribution in [-0.2, 0) is 17.9 Å². The fourth-order valence-corrected chi connectivity index (χ4v) is 4.44. The normalized spacial score (nSPS) is 15.0. The largest absolute Gasteiger partial charge is 0.478 e. The molecule has 8 nitrogen and oxygen atoms in total. The van der Waals surface area contributed by atoms with Crippen molar-refractivity contribution in [2.24, 2.45) is 5.92 Å². The minimum absolute atomic E-state index is 0.277. The Morgan fingerprint density at radius 3 is 2.53 bits per heavy atom. The molecule has 0 saturated heterocycles. The van der Waals surface area contributed by atoms with Gasteiger partial charge in [0.15, 0.2) is 5.52 Å². The highest BCUT2D eigenvalue weighted by molar-refractivity contribution is 5.85. The molecule has 32 heavy (non-hydrogen) atoms. The van der Waals surface area contributed by atoms with E-state index in [4.69, 9.17) is 5.11 Å². The van der Waals surface area contributed by atoms with E-state index in [1.807, 2.05) is 19.1 Å². The molecule has 1 fully saturated rings. The van der Waals surface area contributed by atoms with Crippen molar-refractivity contribution in [3.8, 4) is 11.4 Å². The number of H-pyrrole nitrogens is 1.